The molecule has 6 rings (SSSR count). The van der Waals surface area contributed by atoms with Crippen molar-refractivity contribution < 1.29 is 9.47 Å². The summed E-state index contributed by atoms with van der Waals surface area (Å²) in [5.74, 6) is 3.91. The fraction of sp³-hybridized carbons (Fsp3) is 0.697. The smallest absolute Gasteiger partial charge is 0.161 e. The molecular weight excluding hydrogens is 470 g/mol. The van der Waals surface area contributed by atoms with Crippen molar-refractivity contribution in [3.8, 4) is 11.5 Å². The Labute approximate surface area is 226 Å². The predicted molar refractivity (Wildman–Crippen MR) is 157 cm³/mol. The second-order valence-corrected chi connectivity index (χ2v) is 19.2. The lowest BCUT2D eigenvalue weighted by molar-refractivity contribution is 0.139. The summed E-state index contributed by atoms with van der Waals surface area (Å²) < 4.78 is 15.1. The summed E-state index contributed by atoms with van der Waals surface area (Å²) in [6, 6.07) is 5.32. The average Bonchev–Trinajstić information content (AvgIpc) is 3.26. The summed E-state index contributed by atoms with van der Waals surface area (Å²) in [6.07, 6.45) is 13.8. The van der Waals surface area contributed by atoms with Gasteiger partial charge in [0.1, 0.15) is 21.4 Å². The van der Waals surface area contributed by atoms with Crippen LogP contribution in [0.5, 0.6) is 11.5 Å². The van der Waals surface area contributed by atoms with Gasteiger partial charge >= 0.3 is 0 Å². The van der Waals surface area contributed by atoms with Crippen molar-refractivity contribution >= 4 is 13.8 Å². The van der Waals surface area contributed by atoms with Crippen LogP contribution in [0.4, 0.5) is 0 Å². The molecule has 0 amide bonds. The molecular formula is C33H49NO2Si. The molecule has 4 atom stereocenters. The zero-order valence-corrected chi connectivity index (χ0v) is 25.6. The second-order valence-electron chi connectivity index (χ2n) is 14.8. The third kappa shape index (κ3) is 3.99. The molecule has 5 aliphatic rings. The van der Waals surface area contributed by atoms with Crippen molar-refractivity contribution in [3.63, 3.8) is 0 Å². The summed E-state index contributed by atoms with van der Waals surface area (Å²) in [7, 11) is -1.77. The van der Waals surface area contributed by atoms with Gasteiger partial charge in [0.2, 0.25) is 0 Å². The lowest BCUT2D eigenvalue weighted by Crippen LogP contribution is -2.65. The lowest BCUT2D eigenvalue weighted by atomic mass is 9.76. The van der Waals surface area contributed by atoms with Crippen molar-refractivity contribution in [3.05, 3.63) is 41.0 Å². The Hall–Kier alpha value is -1.52. The van der Waals surface area contributed by atoms with Gasteiger partial charge in [0.15, 0.2) is 11.5 Å². The Morgan fingerprint density at radius 1 is 0.946 bits per heavy atom. The maximum absolute atomic E-state index is 6.01. The van der Waals surface area contributed by atoms with Gasteiger partial charge in [0, 0.05) is 17.0 Å². The zero-order chi connectivity index (χ0) is 26.3. The van der Waals surface area contributed by atoms with Crippen molar-refractivity contribution in [2.24, 2.45) is 17.8 Å². The lowest BCUT2D eigenvalue weighted by Gasteiger charge is -2.56. The first kappa shape index (κ1) is 25.7. The first-order chi connectivity index (χ1) is 17.4. The summed E-state index contributed by atoms with van der Waals surface area (Å²) in [5, 5.41) is 0. The number of hydrogen-bond acceptors (Lipinski definition) is 3. The third-order valence-corrected chi connectivity index (χ3v) is 15.5. The van der Waals surface area contributed by atoms with Gasteiger partial charge in [0.05, 0.1) is 0 Å². The molecule has 1 aliphatic heterocycles. The topological polar surface area (TPSA) is 21.7 Å². The molecule has 3 nitrogen and oxygen atoms in total. The molecule has 4 heteroatoms. The van der Waals surface area contributed by atoms with E-state index in [0.29, 0.717) is 25.0 Å². The third-order valence-electron chi connectivity index (χ3n) is 10.6. The van der Waals surface area contributed by atoms with Crippen LogP contribution in [-0.4, -0.2) is 37.6 Å². The minimum atomic E-state index is -1.77. The van der Waals surface area contributed by atoms with Gasteiger partial charge in [0.25, 0.3) is 0 Å². The summed E-state index contributed by atoms with van der Waals surface area (Å²) in [5.41, 5.74) is 6.82. The minimum Gasteiger partial charge on any atom is -0.486 e. The number of ether oxygens (including phenoxy) is 2. The fourth-order valence-corrected chi connectivity index (χ4v) is 15.7. The molecule has 2 saturated carbocycles. The number of benzene rings is 1. The average molecular weight is 520 g/mol. The van der Waals surface area contributed by atoms with E-state index in [0.717, 1.165) is 29.0 Å². The summed E-state index contributed by atoms with van der Waals surface area (Å²) in [6.45, 7) is 21.7. The summed E-state index contributed by atoms with van der Waals surface area (Å²) in [4.78, 5) is 0. The van der Waals surface area contributed by atoms with E-state index in [1.54, 1.807) is 5.57 Å². The molecule has 4 unspecified atom stereocenters. The molecule has 0 bridgehead atoms. The number of nitrogens with zero attached hydrogens (tertiary/aromatic N) is 1. The molecule has 0 N–H and O–H groups in total. The van der Waals surface area contributed by atoms with Crippen molar-refractivity contribution in [1.82, 2.24) is 4.57 Å². The number of allylic oxidation sites excluding steroid dienone is 4. The van der Waals surface area contributed by atoms with Crippen LogP contribution in [-0.2, 0) is 5.41 Å². The van der Waals surface area contributed by atoms with E-state index in [4.69, 9.17) is 9.47 Å². The van der Waals surface area contributed by atoms with Crippen molar-refractivity contribution in [2.75, 3.05) is 13.2 Å². The molecule has 1 aromatic carbocycles. The molecule has 0 spiro atoms. The van der Waals surface area contributed by atoms with Crippen LogP contribution in [0.25, 0.3) is 5.57 Å². The minimum absolute atomic E-state index is 0.00284. The van der Waals surface area contributed by atoms with E-state index in [-0.39, 0.29) is 11.0 Å². The highest BCUT2D eigenvalue weighted by Gasteiger charge is 2.56. The molecule has 0 aromatic heterocycles. The van der Waals surface area contributed by atoms with Crippen LogP contribution >= 0.6 is 0 Å². The quantitative estimate of drug-likeness (QED) is 0.375. The van der Waals surface area contributed by atoms with Gasteiger partial charge in [-0.15, -0.1) is 0 Å². The van der Waals surface area contributed by atoms with Gasteiger partial charge in [-0.2, -0.15) is 0 Å². The van der Waals surface area contributed by atoms with Gasteiger partial charge in [-0.1, -0.05) is 65.3 Å². The SMILES string of the molecule is CC1CC2C=C3C(=CC2C1[Si](C)(C)N(C1CCCCC1)C(C)(C)C)C(C)(C)c1cc2c(cc13)OCCO2. The van der Waals surface area contributed by atoms with E-state index < -0.39 is 8.24 Å². The van der Waals surface area contributed by atoms with E-state index in [9.17, 15) is 0 Å². The molecule has 2 fully saturated rings. The summed E-state index contributed by atoms with van der Waals surface area (Å²) >= 11 is 0. The Morgan fingerprint density at radius 2 is 1.59 bits per heavy atom. The van der Waals surface area contributed by atoms with Crippen LogP contribution in [0, 0.1) is 17.8 Å². The molecule has 202 valence electrons. The Morgan fingerprint density at radius 3 is 2.24 bits per heavy atom. The van der Waals surface area contributed by atoms with E-state index >= 15 is 0 Å². The van der Waals surface area contributed by atoms with Gasteiger partial charge in [-0.05, 0) is 97.7 Å². The highest BCUT2D eigenvalue weighted by Crippen LogP contribution is 2.62. The van der Waals surface area contributed by atoms with E-state index in [1.165, 1.54) is 55.2 Å². The maximum atomic E-state index is 6.01. The van der Waals surface area contributed by atoms with Crippen LogP contribution < -0.4 is 9.47 Å². The molecule has 0 saturated heterocycles. The highest BCUT2D eigenvalue weighted by atomic mass is 28.3. The first-order valence-corrected chi connectivity index (χ1v) is 18.1. The Kier molecular flexibility index (Phi) is 6.08. The first-order valence-electron chi connectivity index (χ1n) is 15.1. The van der Waals surface area contributed by atoms with E-state index in [2.05, 4.69) is 83.5 Å². The molecule has 1 heterocycles. The molecule has 4 aliphatic carbocycles. The molecule has 37 heavy (non-hydrogen) atoms. The zero-order valence-electron chi connectivity index (χ0n) is 24.6. The van der Waals surface area contributed by atoms with E-state index in [1.807, 2.05) is 0 Å². The molecule has 1 aromatic rings. The van der Waals surface area contributed by atoms with Crippen molar-refractivity contribution in [2.45, 2.75) is 116 Å². The maximum Gasteiger partial charge on any atom is 0.161 e. The molecule has 0 radical (unpaired) electrons. The van der Waals surface area contributed by atoms with Gasteiger partial charge < -0.3 is 14.0 Å². The van der Waals surface area contributed by atoms with Gasteiger partial charge in [-0.25, -0.2) is 0 Å². The standard InChI is InChI=1S/C33H49NO2Si/c1-21-16-22-17-25-26-19-29-30(36-15-14-35-29)20-28(26)33(5,6)27(25)18-24(22)31(21)37(7,8)34(32(2,3)4)23-12-10-9-11-13-23/h17-24,31H,9-16H2,1-8H3. The van der Waals surface area contributed by atoms with Crippen LogP contribution in [0.2, 0.25) is 18.6 Å². The predicted octanol–water partition coefficient (Wildman–Crippen LogP) is 8.35. The number of fused-ring (bicyclic) bond motifs is 5. The largest absolute Gasteiger partial charge is 0.486 e. The van der Waals surface area contributed by atoms with Crippen molar-refractivity contribution in [1.29, 1.82) is 0 Å². The van der Waals surface area contributed by atoms with Gasteiger partial charge in [-0.3, -0.25) is 0 Å². The monoisotopic (exact) mass is 519 g/mol. The highest BCUT2D eigenvalue weighted by molar-refractivity contribution is 6.76. The normalized spacial score (nSPS) is 30.9. The van der Waals surface area contributed by atoms with Crippen LogP contribution in [0.15, 0.2) is 29.9 Å². The Bertz CT molecular complexity index is 1130. The second kappa shape index (κ2) is 8.74. The number of hydrogen-bond donors (Lipinski definition) is 0. The van der Waals surface area contributed by atoms with Crippen LogP contribution in [0.1, 0.15) is 91.2 Å². The fourth-order valence-electron chi connectivity index (χ4n) is 9.67. The van der Waals surface area contributed by atoms with Crippen LogP contribution in [0.3, 0.4) is 0 Å². The Balaban J connectivity index is 1.40. The number of rotatable bonds is 3.